The Hall–Kier alpha value is -1.73. The molecule has 1 aliphatic carbocycles. The molecule has 0 spiro atoms. The molecule has 106 valence electrons. The zero-order chi connectivity index (χ0) is 13.9. The van der Waals surface area contributed by atoms with Gasteiger partial charge in [0.05, 0.1) is 31.2 Å². The minimum absolute atomic E-state index is 0.370. The molecule has 1 aromatic carbocycles. The van der Waals surface area contributed by atoms with Gasteiger partial charge in [-0.1, -0.05) is 12.8 Å². The van der Waals surface area contributed by atoms with Crippen molar-refractivity contribution in [1.29, 1.82) is 5.26 Å². The molecule has 4 heteroatoms. The van der Waals surface area contributed by atoms with Gasteiger partial charge in [-0.25, -0.2) is 0 Å². The van der Waals surface area contributed by atoms with Gasteiger partial charge >= 0.3 is 0 Å². The molecule has 2 atom stereocenters. The van der Waals surface area contributed by atoms with E-state index < -0.39 is 0 Å². The molecule has 3 rings (SSSR count). The summed E-state index contributed by atoms with van der Waals surface area (Å²) in [5.74, 6) is 0. The van der Waals surface area contributed by atoms with Gasteiger partial charge in [0.25, 0.3) is 0 Å². The maximum atomic E-state index is 8.89. The van der Waals surface area contributed by atoms with Gasteiger partial charge in [-0.15, -0.1) is 0 Å². The van der Waals surface area contributed by atoms with E-state index in [0.717, 1.165) is 18.7 Å². The van der Waals surface area contributed by atoms with Crippen LogP contribution in [0.3, 0.4) is 0 Å². The van der Waals surface area contributed by atoms with E-state index in [1.807, 2.05) is 6.07 Å². The first-order chi connectivity index (χ1) is 9.79. The summed E-state index contributed by atoms with van der Waals surface area (Å²) in [5.41, 5.74) is 8.77. The summed E-state index contributed by atoms with van der Waals surface area (Å²) >= 11 is 0. The highest BCUT2D eigenvalue weighted by atomic mass is 16.5. The molecule has 1 aliphatic heterocycles. The van der Waals surface area contributed by atoms with E-state index in [1.165, 1.54) is 31.4 Å². The molecule has 0 bridgehead atoms. The van der Waals surface area contributed by atoms with E-state index in [2.05, 4.69) is 23.1 Å². The minimum atomic E-state index is 0.370. The van der Waals surface area contributed by atoms with Crippen molar-refractivity contribution in [3.63, 3.8) is 0 Å². The van der Waals surface area contributed by atoms with Crippen molar-refractivity contribution in [2.45, 2.75) is 44.2 Å². The largest absolute Gasteiger partial charge is 0.398 e. The van der Waals surface area contributed by atoms with Crippen molar-refractivity contribution in [2.24, 2.45) is 0 Å². The number of hydrogen-bond donors (Lipinski definition) is 1. The Morgan fingerprint density at radius 3 is 3.05 bits per heavy atom. The summed E-state index contributed by atoms with van der Waals surface area (Å²) in [6, 6.07) is 8.75. The summed E-state index contributed by atoms with van der Waals surface area (Å²) in [6.45, 7) is 1.72. The predicted octanol–water partition coefficient (Wildman–Crippen LogP) is 2.48. The second-order valence-electron chi connectivity index (χ2n) is 5.67. The molecule has 1 aromatic rings. The maximum absolute atomic E-state index is 8.89. The third-order valence-electron chi connectivity index (χ3n) is 4.46. The molecular formula is C16H21N3O. The number of hydrogen-bond acceptors (Lipinski definition) is 4. The number of nitrogens with zero attached hydrogens (tertiary/aromatic N) is 2. The van der Waals surface area contributed by atoms with Crippen LogP contribution >= 0.6 is 0 Å². The molecule has 2 fully saturated rings. The number of morpholine rings is 1. The van der Waals surface area contributed by atoms with Crippen molar-refractivity contribution >= 4 is 11.4 Å². The van der Waals surface area contributed by atoms with E-state index in [9.17, 15) is 0 Å². The highest BCUT2D eigenvalue weighted by molar-refractivity contribution is 5.60. The summed E-state index contributed by atoms with van der Waals surface area (Å²) < 4.78 is 5.92. The summed E-state index contributed by atoms with van der Waals surface area (Å²) in [4.78, 5) is 2.45. The Labute approximate surface area is 120 Å². The monoisotopic (exact) mass is 271 g/mol. The predicted molar refractivity (Wildman–Crippen MR) is 79.5 cm³/mol. The van der Waals surface area contributed by atoms with E-state index in [4.69, 9.17) is 15.7 Å². The van der Waals surface area contributed by atoms with Crippen LogP contribution in [0.2, 0.25) is 0 Å². The first-order valence-corrected chi connectivity index (χ1v) is 7.43. The Bertz CT molecular complexity index is 521. The van der Waals surface area contributed by atoms with Crippen LogP contribution in [-0.2, 0) is 11.2 Å². The molecule has 0 radical (unpaired) electrons. The van der Waals surface area contributed by atoms with Gasteiger partial charge in [-0.3, -0.25) is 0 Å². The Kier molecular flexibility index (Phi) is 3.79. The fourth-order valence-electron chi connectivity index (χ4n) is 3.43. The lowest BCUT2D eigenvalue weighted by molar-refractivity contribution is -0.00867. The number of nitrogens with two attached hydrogens (primary N) is 1. The number of ether oxygens (including phenoxy) is 1. The van der Waals surface area contributed by atoms with Crippen molar-refractivity contribution < 1.29 is 4.74 Å². The highest BCUT2D eigenvalue weighted by Crippen LogP contribution is 2.33. The SMILES string of the molecule is N#CCc1cc(N2CCOC3CCCCC32)ccc1N. The Morgan fingerprint density at radius 2 is 2.20 bits per heavy atom. The Morgan fingerprint density at radius 1 is 1.35 bits per heavy atom. The molecule has 1 saturated carbocycles. The number of benzene rings is 1. The fraction of sp³-hybridized carbons (Fsp3) is 0.562. The molecule has 20 heavy (non-hydrogen) atoms. The first-order valence-electron chi connectivity index (χ1n) is 7.43. The maximum Gasteiger partial charge on any atom is 0.0779 e. The van der Waals surface area contributed by atoms with E-state index in [-0.39, 0.29) is 0 Å². The standard InChI is InChI=1S/C16H21N3O/c17-8-7-12-11-13(5-6-14(12)18)19-9-10-20-16-4-2-1-3-15(16)19/h5-6,11,15-16H,1-4,7,9-10,18H2. The van der Waals surface area contributed by atoms with Gasteiger partial charge < -0.3 is 15.4 Å². The smallest absolute Gasteiger partial charge is 0.0779 e. The Balaban J connectivity index is 1.87. The summed E-state index contributed by atoms with van der Waals surface area (Å²) in [5, 5.41) is 8.89. The second kappa shape index (κ2) is 5.72. The number of nitriles is 1. The lowest BCUT2D eigenvalue weighted by Gasteiger charge is -2.45. The van der Waals surface area contributed by atoms with E-state index >= 15 is 0 Å². The van der Waals surface area contributed by atoms with Gasteiger partial charge in [-0.2, -0.15) is 5.26 Å². The zero-order valence-electron chi connectivity index (χ0n) is 11.7. The van der Waals surface area contributed by atoms with Crippen molar-refractivity contribution in [1.82, 2.24) is 0 Å². The van der Waals surface area contributed by atoms with Crippen LogP contribution in [0.1, 0.15) is 31.2 Å². The molecule has 1 heterocycles. The van der Waals surface area contributed by atoms with E-state index in [1.54, 1.807) is 0 Å². The van der Waals surface area contributed by atoms with Gasteiger partial charge in [-0.05, 0) is 36.6 Å². The molecule has 2 aliphatic rings. The number of anilines is 2. The molecule has 2 N–H and O–H groups in total. The highest BCUT2D eigenvalue weighted by Gasteiger charge is 2.34. The number of nitrogen functional groups attached to an aromatic ring is 1. The van der Waals surface area contributed by atoms with Crippen LogP contribution in [0, 0.1) is 11.3 Å². The lowest BCUT2D eigenvalue weighted by atomic mass is 9.89. The molecule has 0 aromatic heterocycles. The normalized spacial score (nSPS) is 25.9. The molecule has 0 amide bonds. The van der Waals surface area contributed by atoms with Crippen LogP contribution in [0.4, 0.5) is 11.4 Å². The third kappa shape index (κ3) is 2.46. The average Bonchev–Trinajstić information content (AvgIpc) is 2.49. The summed E-state index contributed by atoms with van der Waals surface area (Å²) in [7, 11) is 0. The fourth-order valence-corrected chi connectivity index (χ4v) is 3.43. The van der Waals surface area contributed by atoms with Crippen molar-refractivity contribution in [3.05, 3.63) is 23.8 Å². The topological polar surface area (TPSA) is 62.3 Å². The van der Waals surface area contributed by atoms with Gasteiger partial charge in [0, 0.05) is 17.9 Å². The minimum Gasteiger partial charge on any atom is -0.398 e. The summed E-state index contributed by atoms with van der Waals surface area (Å²) in [6.07, 6.45) is 5.66. The zero-order valence-corrected chi connectivity index (χ0v) is 11.7. The van der Waals surface area contributed by atoms with Gasteiger partial charge in [0.15, 0.2) is 0 Å². The first kappa shape index (κ1) is 13.3. The third-order valence-corrected chi connectivity index (χ3v) is 4.46. The van der Waals surface area contributed by atoms with Crippen LogP contribution in [0.25, 0.3) is 0 Å². The number of rotatable bonds is 2. The van der Waals surface area contributed by atoms with Gasteiger partial charge in [0.2, 0.25) is 0 Å². The van der Waals surface area contributed by atoms with Gasteiger partial charge in [0.1, 0.15) is 0 Å². The van der Waals surface area contributed by atoms with Crippen molar-refractivity contribution in [2.75, 3.05) is 23.8 Å². The van der Waals surface area contributed by atoms with E-state index in [0.29, 0.717) is 24.3 Å². The number of fused-ring (bicyclic) bond motifs is 1. The van der Waals surface area contributed by atoms with Crippen LogP contribution in [0.15, 0.2) is 18.2 Å². The lowest BCUT2D eigenvalue weighted by Crippen LogP contribution is -2.52. The quantitative estimate of drug-likeness (QED) is 0.839. The average molecular weight is 271 g/mol. The second-order valence-corrected chi connectivity index (χ2v) is 5.67. The molecule has 1 saturated heterocycles. The van der Waals surface area contributed by atoms with Crippen LogP contribution in [-0.4, -0.2) is 25.3 Å². The van der Waals surface area contributed by atoms with Crippen LogP contribution < -0.4 is 10.6 Å². The molecular weight excluding hydrogens is 250 g/mol. The molecule has 4 nitrogen and oxygen atoms in total. The van der Waals surface area contributed by atoms with Crippen LogP contribution in [0.5, 0.6) is 0 Å². The van der Waals surface area contributed by atoms with Crippen molar-refractivity contribution in [3.8, 4) is 6.07 Å². The molecule has 2 unspecified atom stereocenters.